The first kappa shape index (κ1) is 14.7. The molecule has 1 aromatic rings. The summed E-state index contributed by atoms with van der Waals surface area (Å²) in [4.78, 5) is 17.9. The van der Waals surface area contributed by atoms with Crippen LogP contribution in [0.2, 0.25) is 0 Å². The normalized spacial score (nSPS) is 22.7. The molecule has 1 fully saturated rings. The fourth-order valence-corrected chi connectivity index (χ4v) is 2.31. The number of anilines is 1. The van der Waals surface area contributed by atoms with E-state index in [1.54, 1.807) is 4.90 Å². The highest BCUT2D eigenvalue weighted by Crippen LogP contribution is 2.22. The molecule has 1 aromatic heterocycles. The van der Waals surface area contributed by atoms with Gasteiger partial charge in [0.1, 0.15) is 11.6 Å². The number of nitrogens with zero attached hydrogens (tertiary/aromatic N) is 2. The quantitative estimate of drug-likeness (QED) is 0.881. The molecule has 1 aliphatic rings. The summed E-state index contributed by atoms with van der Waals surface area (Å²) in [5.41, 5.74) is 0.216. The van der Waals surface area contributed by atoms with Gasteiger partial charge in [-0.25, -0.2) is 9.37 Å². The smallest absolute Gasteiger partial charge is 0.257 e. The standard InChI is InChI=1S/C14H20FN3O2/c1-3-16-13-11(6-10(15)7-17-13)14(20)18-5-4-9(2)12(19)8-18/h6-7,9,12,19H,3-5,8H2,1-2H3,(H,16,17). The average molecular weight is 281 g/mol. The van der Waals surface area contributed by atoms with E-state index in [4.69, 9.17) is 0 Å². The van der Waals surface area contributed by atoms with Crippen LogP contribution in [0.5, 0.6) is 0 Å². The number of carbonyl (C=O) groups excluding carboxylic acids is 1. The zero-order valence-electron chi connectivity index (χ0n) is 11.8. The Balaban J connectivity index is 2.22. The minimum atomic E-state index is -0.541. The fourth-order valence-electron chi connectivity index (χ4n) is 2.31. The molecule has 5 nitrogen and oxygen atoms in total. The molecular formula is C14H20FN3O2. The van der Waals surface area contributed by atoms with Crippen LogP contribution in [-0.4, -0.2) is 46.6 Å². The topological polar surface area (TPSA) is 65.5 Å². The fraction of sp³-hybridized carbons (Fsp3) is 0.571. The number of aliphatic hydroxyl groups excluding tert-OH is 1. The summed E-state index contributed by atoms with van der Waals surface area (Å²) in [5, 5.41) is 12.8. The first-order valence-corrected chi connectivity index (χ1v) is 6.89. The van der Waals surface area contributed by atoms with Gasteiger partial charge in [-0.1, -0.05) is 6.92 Å². The Morgan fingerprint density at radius 1 is 1.65 bits per heavy atom. The van der Waals surface area contributed by atoms with E-state index in [-0.39, 0.29) is 23.9 Å². The molecule has 2 N–H and O–H groups in total. The van der Waals surface area contributed by atoms with E-state index in [1.807, 2.05) is 13.8 Å². The van der Waals surface area contributed by atoms with Crippen molar-refractivity contribution in [3.8, 4) is 0 Å². The van der Waals surface area contributed by atoms with E-state index in [0.29, 0.717) is 18.9 Å². The lowest BCUT2D eigenvalue weighted by molar-refractivity contribution is 0.0249. The van der Waals surface area contributed by atoms with Crippen LogP contribution in [0, 0.1) is 11.7 Å². The molecule has 20 heavy (non-hydrogen) atoms. The molecule has 0 bridgehead atoms. The highest BCUT2D eigenvalue weighted by molar-refractivity contribution is 5.98. The molecule has 0 aromatic carbocycles. The summed E-state index contributed by atoms with van der Waals surface area (Å²) in [6.45, 7) is 5.28. The van der Waals surface area contributed by atoms with Crippen LogP contribution in [0.1, 0.15) is 30.6 Å². The third-order valence-corrected chi connectivity index (χ3v) is 3.63. The van der Waals surface area contributed by atoms with Gasteiger partial charge in [-0.15, -0.1) is 0 Å². The van der Waals surface area contributed by atoms with Gasteiger partial charge >= 0.3 is 0 Å². The number of hydrogen-bond donors (Lipinski definition) is 2. The van der Waals surface area contributed by atoms with Gasteiger partial charge in [0.25, 0.3) is 5.91 Å². The van der Waals surface area contributed by atoms with Gasteiger partial charge in [-0.3, -0.25) is 4.79 Å². The number of carbonyl (C=O) groups is 1. The van der Waals surface area contributed by atoms with Crippen molar-refractivity contribution in [2.45, 2.75) is 26.4 Å². The van der Waals surface area contributed by atoms with Gasteiger partial charge in [-0.2, -0.15) is 0 Å². The highest BCUT2D eigenvalue weighted by Gasteiger charge is 2.29. The monoisotopic (exact) mass is 281 g/mol. The van der Waals surface area contributed by atoms with E-state index < -0.39 is 11.9 Å². The van der Waals surface area contributed by atoms with Crippen LogP contribution in [0.3, 0.4) is 0 Å². The first-order chi connectivity index (χ1) is 9.52. The number of likely N-dealkylation sites (tertiary alicyclic amines) is 1. The number of amides is 1. The Hall–Kier alpha value is -1.69. The van der Waals surface area contributed by atoms with Gasteiger partial charge in [0.2, 0.25) is 0 Å². The summed E-state index contributed by atoms with van der Waals surface area (Å²) in [5.74, 6) is -0.273. The Labute approximate surface area is 117 Å². The number of piperidine rings is 1. The van der Waals surface area contributed by atoms with Crippen LogP contribution >= 0.6 is 0 Å². The Bertz CT molecular complexity index is 495. The molecule has 0 saturated carbocycles. The number of β-amino-alcohol motifs (C(OH)–C–C–N with tert-alkyl or cyclic N) is 1. The zero-order valence-corrected chi connectivity index (χ0v) is 11.8. The summed E-state index contributed by atoms with van der Waals surface area (Å²) < 4.78 is 13.3. The van der Waals surface area contributed by atoms with Crippen molar-refractivity contribution in [3.05, 3.63) is 23.6 Å². The van der Waals surface area contributed by atoms with Crippen molar-refractivity contribution in [3.63, 3.8) is 0 Å². The maximum Gasteiger partial charge on any atom is 0.257 e. The second-order valence-corrected chi connectivity index (χ2v) is 5.16. The molecular weight excluding hydrogens is 261 g/mol. The molecule has 110 valence electrons. The van der Waals surface area contributed by atoms with Gasteiger partial charge < -0.3 is 15.3 Å². The predicted octanol–water partition coefficient (Wildman–Crippen LogP) is 1.50. The van der Waals surface area contributed by atoms with Gasteiger partial charge in [-0.05, 0) is 25.3 Å². The first-order valence-electron chi connectivity index (χ1n) is 6.89. The molecule has 6 heteroatoms. The summed E-state index contributed by atoms with van der Waals surface area (Å²) >= 11 is 0. The third kappa shape index (κ3) is 3.07. The molecule has 2 unspecified atom stereocenters. The third-order valence-electron chi connectivity index (χ3n) is 3.63. The Morgan fingerprint density at radius 3 is 3.05 bits per heavy atom. The number of nitrogens with one attached hydrogen (secondary N) is 1. The molecule has 0 aliphatic carbocycles. The SMILES string of the molecule is CCNc1ncc(F)cc1C(=O)N1CCC(C)C(O)C1. The number of rotatable bonds is 3. The molecule has 0 radical (unpaired) electrons. The summed E-state index contributed by atoms with van der Waals surface area (Å²) in [6.07, 6.45) is 1.30. The predicted molar refractivity (Wildman–Crippen MR) is 74.1 cm³/mol. The Kier molecular flexibility index (Phi) is 4.54. The minimum absolute atomic E-state index is 0.179. The van der Waals surface area contributed by atoms with E-state index >= 15 is 0 Å². The largest absolute Gasteiger partial charge is 0.391 e. The lowest BCUT2D eigenvalue weighted by atomic mass is 9.95. The van der Waals surface area contributed by atoms with Crippen molar-refractivity contribution in [1.82, 2.24) is 9.88 Å². The lowest BCUT2D eigenvalue weighted by Crippen LogP contribution is -2.46. The number of hydrogen-bond acceptors (Lipinski definition) is 4. The van der Waals surface area contributed by atoms with Crippen molar-refractivity contribution in [1.29, 1.82) is 0 Å². The van der Waals surface area contributed by atoms with E-state index in [0.717, 1.165) is 12.6 Å². The second kappa shape index (κ2) is 6.17. The molecule has 1 amide bonds. The van der Waals surface area contributed by atoms with Gasteiger partial charge in [0.15, 0.2) is 0 Å². The Morgan fingerprint density at radius 2 is 2.40 bits per heavy atom. The molecule has 1 saturated heterocycles. The van der Waals surface area contributed by atoms with E-state index in [2.05, 4.69) is 10.3 Å². The number of halogens is 1. The van der Waals surface area contributed by atoms with Crippen LogP contribution in [-0.2, 0) is 0 Å². The van der Waals surface area contributed by atoms with Crippen molar-refractivity contribution in [2.24, 2.45) is 5.92 Å². The van der Waals surface area contributed by atoms with Crippen molar-refractivity contribution in [2.75, 3.05) is 25.0 Å². The number of aliphatic hydroxyl groups is 1. The lowest BCUT2D eigenvalue weighted by Gasteiger charge is -2.34. The zero-order chi connectivity index (χ0) is 14.7. The average Bonchev–Trinajstić information content (AvgIpc) is 2.43. The maximum atomic E-state index is 13.3. The molecule has 2 atom stereocenters. The van der Waals surface area contributed by atoms with Crippen molar-refractivity contribution < 1.29 is 14.3 Å². The maximum absolute atomic E-state index is 13.3. The molecule has 0 spiro atoms. The van der Waals surface area contributed by atoms with Crippen LogP contribution in [0.25, 0.3) is 0 Å². The van der Waals surface area contributed by atoms with Crippen LogP contribution in [0.15, 0.2) is 12.3 Å². The van der Waals surface area contributed by atoms with E-state index in [9.17, 15) is 14.3 Å². The summed E-state index contributed by atoms with van der Waals surface area (Å²) in [7, 11) is 0. The van der Waals surface area contributed by atoms with Crippen LogP contribution in [0.4, 0.5) is 10.2 Å². The van der Waals surface area contributed by atoms with Crippen molar-refractivity contribution >= 4 is 11.7 Å². The van der Waals surface area contributed by atoms with E-state index in [1.165, 1.54) is 6.07 Å². The molecule has 1 aliphatic heterocycles. The molecule has 2 heterocycles. The summed E-state index contributed by atoms with van der Waals surface area (Å²) in [6, 6.07) is 1.19. The number of pyridine rings is 1. The highest BCUT2D eigenvalue weighted by atomic mass is 19.1. The van der Waals surface area contributed by atoms with Gasteiger partial charge in [0, 0.05) is 19.6 Å². The molecule has 2 rings (SSSR count). The van der Waals surface area contributed by atoms with Crippen LogP contribution < -0.4 is 5.32 Å². The number of aromatic nitrogens is 1. The second-order valence-electron chi connectivity index (χ2n) is 5.16. The van der Waals surface area contributed by atoms with Gasteiger partial charge in [0.05, 0.1) is 17.9 Å². The minimum Gasteiger partial charge on any atom is -0.391 e.